The van der Waals surface area contributed by atoms with Crippen molar-refractivity contribution < 1.29 is 4.79 Å². The largest absolute Gasteiger partial charge is 0.353 e. The zero-order chi connectivity index (χ0) is 20.0. The molecule has 1 amide bonds. The van der Waals surface area contributed by atoms with Crippen LogP contribution in [0, 0.1) is 0 Å². The van der Waals surface area contributed by atoms with Crippen LogP contribution in [0.25, 0.3) is 22.3 Å². The van der Waals surface area contributed by atoms with Crippen molar-refractivity contribution in [2.45, 2.75) is 57.4 Å². The second kappa shape index (κ2) is 7.02. The summed E-state index contributed by atoms with van der Waals surface area (Å²) >= 11 is 0. The van der Waals surface area contributed by atoms with Crippen LogP contribution in [0.3, 0.4) is 0 Å². The van der Waals surface area contributed by atoms with E-state index in [1.54, 1.807) is 0 Å². The number of benzene rings is 1. The lowest BCUT2D eigenvalue weighted by Crippen LogP contribution is -2.38. The molecular formula is C23H29N5O. The Morgan fingerprint density at radius 2 is 2.10 bits per heavy atom. The molecule has 1 atom stereocenters. The number of H-pyrrole nitrogens is 2. The molecule has 152 valence electrons. The lowest BCUT2D eigenvalue weighted by molar-refractivity contribution is 0.0940. The lowest BCUT2D eigenvalue weighted by Gasteiger charge is -2.45. The minimum Gasteiger partial charge on any atom is -0.353 e. The number of aromatic nitrogens is 3. The maximum absolute atomic E-state index is 12.8. The Bertz CT molecular complexity index is 1050. The van der Waals surface area contributed by atoms with Gasteiger partial charge in [0, 0.05) is 40.0 Å². The molecule has 0 bridgehead atoms. The van der Waals surface area contributed by atoms with Crippen molar-refractivity contribution in [1.82, 2.24) is 25.8 Å². The van der Waals surface area contributed by atoms with Crippen molar-refractivity contribution in [3.63, 3.8) is 0 Å². The zero-order valence-electron chi connectivity index (χ0n) is 17.2. The number of fused-ring (bicyclic) bond motifs is 6. The number of hydrogen-bond donors (Lipinski definition) is 4. The predicted octanol–water partition coefficient (Wildman–Crippen LogP) is 3.65. The Morgan fingerprint density at radius 1 is 1.24 bits per heavy atom. The standard InChI is InChI=1S/C21H23N5O.C2H6/c27-20(24-14-4-7-22-11-14)12-2-3-16-15(8-12)17-19(25-16)18-13(10-23-26-18)9-21(17)5-1-6-21;1-2/h2-3,8,10,14,22,25H,1,4-7,9,11H2,(H,23,26)(H,24,27);1-2H3. The maximum atomic E-state index is 12.8. The van der Waals surface area contributed by atoms with E-state index in [2.05, 4.69) is 37.9 Å². The van der Waals surface area contributed by atoms with E-state index in [0.29, 0.717) is 0 Å². The molecule has 2 aliphatic carbocycles. The Morgan fingerprint density at radius 3 is 2.83 bits per heavy atom. The van der Waals surface area contributed by atoms with Gasteiger partial charge in [0.2, 0.25) is 0 Å². The van der Waals surface area contributed by atoms with Crippen molar-refractivity contribution >= 4 is 16.8 Å². The highest BCUT2D eigenvalue weighted by Crippen LogP contribution is 2.55. The van der Waals surface area contributed by atoms with Gasteiger partial charge in [0.1, 0.15) is 0 Å². The molecule has 29 heavy (non-hydrogen) atoms. The summed E-state index contributed by atoms with van der Waals surface area (Å²) < 4.78 is 0. The molecule has 6 nitrogen and oxygen atoms in total. The number of carbonyl (C=O) groups is 1. The summed E-state index contributed by atoms with van der Waals surface area (Å²) in [5.74, 6) is 0.0289. The van der Waals surface area contributed by atoms with Crippen molar-refractivity contribution in [3.05, 3.63) is 41.1 Å². The minimum atomic E-state index is 0.0289. The second-order valence-electron chi connectivity index (χ2n) is 8.38. The summed E-state index contributed by atoms with van der Waals surface area (Å²) in [5.41, 5.74) is 7.03. The van der Waals surface area contributed by atoms with Gasteiger partial charge in [-0.25, -0.2) is 0 Å². The number of nitrogens with one attached hydrogen (secondary N) is 4. The second-order valence-corrected chi connectivity index (χ2v) is 8.38. The number of hydrogen-bond acceptors (Lipinski definition) is 3. The van der Waals surface area contributed by atoms with Gasteiger partial charge in [0.25, 0.3) is 5.91 Å². The minimum absolute atomic E-state index is 0.0289. The molecule has 0 radical (unpaired) electrons. The van der Waals surface area contributed by atoms with E-state index >= 15 is 0 Å². The SMILES string of the molecule is CC.O=C(NC1CCNC1)c1ccc2[nH]c3c(c2c1)C1(CCC1)Cc1cn[nH]c1-3. The molecule has 2 aromatic heterocycles. The molecule has 3 heterocycles. The van der Waals surface area contributed by atoms with Gasteiger partial charge in [0.15, 0.2) is 0 Å². The molecule has 1 saturated carbocycles. The fraction of sp³-hybridized carbons (Fsp3) is 0.478. The summed E-state index contributed by atoms with van der Waals surface area (Å²) in [4.78, 5) is 16.4. The summed E-state index contributed by atoms with van der Waals surface area (Å²) in [5, 5.41) is 15.1. The van der Waals surface area contributed by atoms with Gasteiger partial charge >= 0.3 is 0 Å². The number of amides is 1. The van der Waals surface area contributed by atoms with E-state index in [4.69, 9.17) is 0 Å². The first-order valence-corrected chi connectivity index (χ1v) is 10.9. The van der Waals surface area contributed by atoms with E-state index in [9.17, 15) is 4.79 Å². The highest BCUT2D eigenvalue weighted by Gasteiger charge is 2.46. The van der Waals surface area contributed by atoms with Crippen molar-refractivity contribution in [2.24, 2.45) is 0 Å². The first kappa shape index (κ1) is 18.4. The van der Waals surface area contributed by atoms with E-state index in [0.717, 1.165) is 42.7 Å². The first-order valence-electron chi connectivity index (χ1n) is 10.9. The fourth-order valence-corrected chi connectivity index (χ4v) is 5.26. The van der Waals surface area contributed by atoms with Gasteiger partial charge in [0.05, 0.1) is 17.6 Å². The number of aromatic amines is 2. The van der Waals surface area contributed by atoms with Crippen LogP contribution in [-0.4, -0.2) is 40.2 Å². The zero-order valence-corrected chi connectivity index (χ0v) is 17.2. The fourth-order valence-electron chi connectivity index (χ4n) is 5.26. The van der Waals surface area contributed by atoms with Crippen LogP contribution in [0.15, 0.2) is 24.4 Å². The maximum Gasteiger partial charge on any atom is 0.251 e. The summed E-state index contributed by atoms with van der Waals surface area (Å²) in [6.45, 7) is 5.84. The van der Waals surface area contributed by atoms with Gasteiger partial charge in [-0.1, -0.05) is 20.3 Å². The molecule has 1 aromatic carbocycles. The highest BCUT2D eigenvalue weighted by molar-refractivity contribution is 6.01. The molecule has 6 rings (SSSR count). The molecule has 3 aliphatic rings. The number of nitrogens with zero attached hydrogens (tertiary/aromatic N) is 1. The third-order valence-corrected chi connectivity index (χ3v) is 6.79. The molecular weight excluding hydrogens is 362 g/mol. The van der Waals surface area contributed by atoms with Crippen LogP contribution in [-0.2, 0) is 11.8 Å². The smallest absolute Gasteiger partial charge is 0.251 e. The van der Waals surface area contributed by atoms with E-state index < -0.39 is 0 Å². The third-order valence-electron chi connectivity index (χ3n) is 6.79. The van der Waals surface area contributed by atoms with E-state index in [-0.39, 0.29) is 17.4 Å². The van der Waals surface area contributed by atoms with Crippen molar-refractivity contribution in [3.8, 4) is 11.4 Å². The van der Waals surface area contributed by atoms with Gasteiger partial charge in [-0.2, -0.15) is 5.10 Å². The normalized spacial score (nSPS) is 21.1. The molecule has 6 heteroatoms. The summed E-state index contributed by atoms with van der Waals surface area (Å²) in [7, 11) is 0. The molecule has 3 aromatic rings. The Balaban J connectivity index is 0.000000882. The summed E-state index contributed by atoms with van der Waals surface area (Å²) in [6, 6.07) is 6.31. The topological polar surface area (TPSA) is 85.6 Å². The van der Waals surface area contributed by atoms with Crippen molar-refractivity contribution in [1.29, 1.82) is 0 Å². The van der Waals surface area contributed by atoms with Crippen LogP contribution in [0.2, 0.25) is 0 Å². The van der Waals surface area contributed by atoms with Crippen LogP contribution in [0.4, 0.5) is 0 Å². The molecule has 4 N–H and O–H groups in total. The molecule has 1 spiro atoms. The average Bonchev–Trinajstić information content (AvgIpc) is 3.46. The van der Waals surface area contributed by atoms with E-state index in [1.165, 1.54) is 41.5 Å². The van der Waals surface area contributed by atoms with Crippen molar-refractivity contribution in [2.75, 3.05) is 13.1 Å². The monoisotopic (exact) mass is 391 g/mol. The van der Waals surface area contributed by atoms with Crippen LogP contribution >= 0.6 is 0 Å². The number of rotatable bonds is 2. The Kier molecular flexibility index (Phi) is 4.46. The number of carbonyl (C=O) groups excluding carboxylic acids is 1. The van der Waals surface area contributed by atoms with Crippen LogP contribution < -0.4 is 10.6 Å². The predicted molar refractivity (Wildman–Crippen MR) is 115 cm³/mol. The van der Waals surface area contributed by atoms with Crippen LogP contribution in [0.5, 0.6) is 0 Å². The molecule has 2 fully saturated rings. The highest BCUT2D eigenvalue weighted by atomic mass is 16.1. The van der Waals surface area contributed by atoms with Crippen LogP contribution in [0.1, 0.15) is 61.0 Å². The third kappa shape index (κ3) is 2.81. The first-order chi connectivity index (χ1) is 14.2. The van der Waals surface area contributed by atoms with Gasteiger partial charge < -0.3 is 15.6 Å². The van der Waals surface area contributed by atoms with Gasteiger partial charge in [-0.15, -0.1) is 0 Å². The quantitative estimate of drug-likeness (QED) is 0.538. The molecule has 1 unspecified atom stereocenters. The summed E-state index contributed by atoms with van der Waals surface area (Å²) in [6.07, 6.45) is 7.71. The lowest BCUT2D eigenvalue weighted by atomic mass is 9.58. The van der Waals surface area contributed by atoms with E-state index in [1.807, 2.05) is 26.1 Å². The molecule has 1 saturated heterocycles. The average molecular weight is 392 g/mol. The Hall–Kier alpha value is -2.60. The van der Waals surface area contributed by atoms with Gasteiger partial charge in [-0.05, 0) is 56.0 Å². The molecule has 1 aliphatic heterocycles. The van der Waals surface area contributed by atoms with Gasteiger partial charge in [-0.3, -0.25) is 9.89 Å². The Labute approximate surface area is 170 Å².